The summed E-state index contributed by atoms with van der Waals surface area (Å²) in [5.41, 5.74) is 2.20. The molecule has 0 aliphatic carbocycles. The van der Waals surface area contributed by atoms with E-state index in [-0.39, 0.29) is 12.4 Å². The number of nitrogens with zero attached hydrogens (tertiary/aromatic N) is 1. The highest BCUT2D eigenvalue weighted by atomic mass is 16.5. The van der Waals surface area contributed by atoms with E-state index >= 15 is 0 Å². The minimum atomic E-state index is -0.297. The topological polar surface area (TPSA) is 67.2 Å². The van der Waals surface area contributed by atoms with Crippen LogP contribution >= 0.6 is 0 Å². The number of rotatable bonds is 6. The number of hydrogen-bond acceptors (Lipinski definition) is 4. The smallest absolute Gasteiger partial charge is 0.310 e. The Morgan fingerprint density at radius 3 is 2.83 bits per heavy atom. The van der Waals surface area contributed by atoms with Crippen molar-refractivity contribution in [2.24, 2.45) is 0 Å². The van der Waals surface area contributed by atoms with Gasteiger partial charge in [-0.1, -0.05) is 6.07 Å². The second-order valence-electron chi connectivity index (χ2n) is 3.78. The van der Waals surface area contributed by atoms with Crippen LogP contribution in [0.1, 0.15) is 30.0 Å². The first-order valence-corrected chi connectivity index (χ1v) is 5.82. The normalized spacial score (nSPS) is 9.56. The third-order valence-corrected chi connectivity index (χ3v) is 2.51. The molecule has 0 saturated heterocycles. The quantitative estimate of drug-likeness (QED) is 0.566. The van der Waals surface area contributed by atoms with Gasteiger partial charge in [0.1, 0.15) is 6.29 Å². The number of hydrogen-bond donors (Lipinski definition) is 0. The Labute approximate surface area is 106 Å². The third kappa shape index (κ3) is 4.02. The van der Waals surface area contributed by atoms with E-state index in [0.29, 0.717) is 25.0 Å². The van der Waals surface area contributed by atoms with Gasteiger partial charge in [-0.15, -0.1) is 0 Å². The summed E-state index contributed by atoms with van der Waals surface area (Å²) in [6, 6.07) is 7.18. The molecule has 0 atom stereocenters. The van der Waals surface area contributed by atoms with Gasteiger partial charge in [0.05, 0.1) is 24.7 Å². The highest BCUT2D eigenvalue weighted by molar-refractivity contribution is 5.73. The van der Waals surface area contributed by atoms with Crippen LogP contribution in [-0.4, -0.2) is 18.9 Å². The monoisotopic (exact) mass is 245 g/mol. The van der Waals surface area contributed by atoms with E-state index in [0.717, 1.165) is 17.4 Å². The molecule has 0 heterocycles. The van der Waals surface area contributed by atoms with E-state index in [1.165, 1.54) is 0 Å². The van der Waals surface area contributed by atoms with Crippen LogP contribution in [0.5, 0.6) is 0 Å². The lowest BCUT2D eigenvalue weighted by Crippen LogP contribution is -2.09. The van der Waals surface area contributed by atoms with Crippen LogP contribution in [-0.2, 0) is 27.2 Å². The van der Waals surface area contributed by atoms with Gasteiger partial charge in [-0.25, -0.2) is 0 Å². The zero-order chi connectivity index (χ0) is 13.4. The fraction of sp³-hybridized carbons (Fsp3) is 0.357. The number of nitriles is 1. The molecule has 0 saturated carbocycles. The fourth-order valence-electron chi connectivity index (χ4n) is 1.68. The predicted molar refractivity (Wildman–Crippen MR) is 65.9 cm³/mol. The SMILES string of the molecule is CCOC(=O)Cc1ccc(C#N)cc1CCC=O. The zero-order valence-electron chi connectivity index (χ0n) is 10.3. The first-order chi connectivity index (χ1) is 8.71. The Morgan fingerprint density at radius 1 is 1.44 bits per heavy atom. The molecule has 0 radical (unpaired) electrons. The highest BCUT2D eigenvalue weighted by Crippen LogP contribution is 2.15. The molecule has 18 heavy (non-hydrogen) atoms. The van der Waals surface area contributed by atoms with Crippen molar-refractivity contribution in [3.05, 3.63) is 34.9 Å². The van der Waals surface area contributed by atoms with Crippen LogP contribution < -0.4 is 0 Å². The molecule has 0 aromatic heterocycles. The number of carbonyl (C=O) groups is 2. The van der Waals surface area contributed by atoms with Gasteiger partial charge in [0, 0.05) is 6.42 Å². The van der Waals surface area contributed by atoms with E-state index in [4.69, 9.17) is 10.00 Å². The van der Waals surface area contributed by atoms with E-state index in [1.54, 1.807) is 25.1 Å². The fourth-order valence-corrected chi connectivity index (χ4v) is 1.68. The Morgan fingerprint density at radius 2 is 2.22 bits per heavy atom. The molecule has 0 aliphatic rings. The predicted octanol–water partition coefficient (Wildman–Crippen LogP) is 1.80. The highest BCUT2D eigenvalue weighted by Gasteiger charge is 2.09. The van der Waals surface area contributed by atoms with Crippen LogP contribution in [0, 0.1) is 11.3 Å². The maximum atomic E-state index is 11.4. The van der Waals surface area contributed by atoms with E-state index in [1.807, 2.05) is 6.07 Å². The summed E-state index contributed by atoms with van der Waals surface area (Å²) < 4.78 is 4.89. The molecule has 1 aromatic carbocycles. The molecule has 0 fully saturated rings. The molecule has 0 aliphatic heterocycles. The molecule has 0 unspecified atom stereocenters. The standard InChI is InChI=1S/C14H15NO3/c1-2-18-14(17)9-13-6-5-11(10-15)8-12(13)4-3-7-16/h5-8H,2-4,9H2,1H3. The Bertz CT molecular complexity index is 474. The summed E-state index contributed by atoms with van der Waals surface area (Å²) in [7, 11) is 0. The molecule has 1 aromatic rings. The number of ether oxygens (including phenoxy) is 1. The van der Waals surface area contributed by atoms with Gasteiger partial charge in [0.15, 0.2) is 0 Å². The molecule has 0 spiro atoms. The first-order valence-electron chi connectivity index (χ1n) is 5.82. The van der Waals surface area contributed by atoms with Gasteiger partial charge in [-0.2, -0.15) is 5.26 Å². The average molecular weight is 245 g/mol. The van der Waals surface area contributed by atoms with Gasteiger partial charge in [-0.05, 0) is 36.6 Å². The van der Waals surface area contributed by atoms with Crippen LogP contribution in [0.25, 0.3) is 0 Å². The molecule has 94 valence electrons. The van der Waals surface area contributed by atoms with Crippen molar-refractivity contribution in [1.82, 2.24) is 0 Å². The van der Waals surface area contributed by atoms with Crippen LogP contribution in [0.2, 0.25) is 0 Å². The minimum absolute atomic E-state index is 0.174. The van der Waals surface area contributed by atoms with Crippen molar-refractivity contribution in [2.45, 2.75) is 26.2 Å². The van der Waals surface area contributed by atoms with Crippen molar-refractivity contribution in [2.75, 3.05) is 6.61 Å². The maximum absolute atomic E-state index is 11.4. The summed E-state index contributed by atoms with van der Waals surface area (Å²) in [6.45, 7) is 2.10. The number of aldehydes is 1. The van der Waals surface area contributed by atoms with Gasteiger partial charge in [-0.3, -0.25) is 4.79 Å². The Balaban J connectivity index is 2.91. The lowest BCUT2D eigenvalue weighted by atomic mass is 9.98. The van der Waals surface area contributed by atoms with Gasteiger partial charge >= 0.3 is 5.97 Å². The Kier molecular flexibility index (Phi) is 5.59. The van der Waals surface area contributed by atoms with Crippen LogP contribution in [0.15, 0.2) is 18.2 Å². The maximum Gasteiger partial charge on any atom is 0.310 e. The summed E-state index contributed by atoms with van der Waals surface area (Å²) in [6.07, 6.45) is 1.92. The van der Waals surface area contributed by atoms with Crippen molar-refractivity contribution >= 4 is 12.3 Å². The van der Waals surface area contributed by atoms with Crippen molar-refractivity contribution in [3.8, 4) is 6.07 Å². The largest absolute Gasteiger partial charge is 0.466 e. The molecule has 1 rings (SSSR count). The van der Waals surface area contributed by atoms with Crippen molar-refractivity contribution < 1.29 is 14.3 Å². The lowest BCUT2D eigenvalue weighted by Gasteiger charge is -2.08. The summed E-state index contributed by atoms with van der Waals surface area (Å²) in [4.78, 5) is 21.8. The van der Waals surface area contributed by atoms with E-state index in [2.05, 4.69) is 0 Å². The number of benzene rings is 1. The van der Waals surface area contributed by atoms with Gasteiger partial charge in [0.25, 0.3) is 0 Å². The summed E-state index contributed by atoms with van der Waals surface area (Å²) in [5, 5.41) is 8.83. The molecule has 0 amide bonds. The molecule has 0 N–H and O–H groups in total. The second kappa shape index (κ2) is 7.23. The molecule has 4 heteroatoms. The number of esters is 1. The minimum Gasteiger partial charge on any atom is -0.466 e. The summed E-state index contributed by atoms with van der Waals surface area (Å²) >= 11 is 0. The number of carbonyl (C=O) groups excluding carboxylic acids is 2. The van der Waals surface area contributed by atoms with Crippen LogP contribution in [0.4, 0.5) is 0 Å². The van der Waals surface area contributed by atoms with Gasteiger partial charge < -0.3 is 9.53 Å². The third-order valence-electron chi connectivity index (χ3n) is 2.51. The molecule has 4 nitrogen and oxygen atoms in total. The molecular weight excluding hydrogens is 230 g/mol. The molecular formula is C14H15NO3. The number of aryl methyl sites for hydroxylation is 1. The first kappa shape index (κ1) is 13.9. The second-order valence-corrected chi connectivity index (χ2v) is 3.78. The van der Waals surface area contributed by atoms with Crippen molar-refractivity contribution in [1.29, 1.82) is 5.26 Å². The lowest BCUT2D eigenvalue weighted by molar-refractivity contribution is -0.142. The van der Waals surface area contributed by atoms with Gasteiger partial charge in [0.2, 0.25) is 0 Å². The molecule has 0 bridgehead atoms. The van der Waals surface area contributed by atoms with E-state index < -0.39 is 0 Å². The van der Waals surface area contributed by atoms with Crippen LogP contribution in [0.3, 0.4) is 0 Å². The summed E-state index contributed by atoms with van der Waals surface area (Å²) in [5.74, 6) is -0.297. The average Bonchev–Trinajstić information content (AvgIpc) is 2.37. The zero-order valence-corrected chi connectivity index (χ0v) is 10.3. The van der Waals surface area contributed by atoms with E-state index in [9.17, 15) is 9.59 Å². The van der Waals surface area contributed by atoms with Crippen molar-refractivity contribution in [3.63, 3.8) is 0 Å². The Hall–Kier alpha value is -2.15.